The third-order valence-corrected chi connectivity index (χ3v) is 8.23. The molecule has 0 bridgehead atoms. The maximum absolute atomic E-state index is 14.1. The van der Waals surface area contributed by atoms with Crippen molar-refractivity contribution in [2.75, 3.05) is 17.1 Å². The minimum atomic E-state index is -3.87. The lowest BCUT2D eigenvalue weighted by Crippen LogP contribution is -2.56. The van der Waals surface area contributed by atoms with E-state index in [9.17, 15) is 18.0 Å². The van der Waals surface area contributed by atoms with E-state index >= 15 is 0 Å². The van der Waals surface area contributed by atoms with Crippen molar-refractivity contribution in [3.05, 3.63) is 99.0 Å². The molecule has 0 spiro atoms. The molecule has 0 saturated carbocycles. The van der Waals surface area contributed by atoms with Gasteiger partial charge in [0.2, 0.25) is 21.8 Å². The van der Waals surface area contributed by atoms with Crippen molar-refractivity contribution in [3.63, 3.8) is 0 Å². The lowest BCUT2D eigenvalue weighted by atomic mass is 10.0. The van der Waals surface area contributed by atoms with Gasteiger partial charge in [0.05, 0.1) is 11.9 Å². The first-order valence-corrected chi connectivity index (χ1v) is 15.8. The smallest absolute Gasteiger partial charge is 0.244 e. The van der Waals surface area contributed by atoms with Crippen LogP contribution in [0, 0.1) is 6.92 Å². The summed E-state index contributed by atoms with van der Waals surface area (Å²) in [5, 5.41) is 3.39. The SMILES string of the molecule is Cc1ccc(N(CC(=O)N(Cc2ccc(Br)cc2)[C@@H](Cc2ccccc2)C(=O)NC(C)(C)C)S(C)(=O)=O)cc1Cl. The van der Waals surface area contributed by atoms with Gasteiger partial charge < -0.3 is 10.2 Å². The van der Waals surface area contributed by atoms with Crippen LogP contribution in [0.25, 0.3) is 0 Å². The van der Waals surface area contributed by atoms with Crippen LogP contribution in [-0.4, -0.2) is 49.5 Å². The average Bonchev–Trinajstić information content (AvgIpc) is 2.86. The van der Waals surface area contributed by atoms with Gasteiger partial charge in [0, 0.05) is 28.0 Å². The van der Waals surface area contributed by atoms with E-state index in [-0.39, 0.29) is 24.6 Å². The first-order valence-electron chi connectivity index (χ1n) is 12.8. The Kier molecular flexibility index (Phi) is 10.4. The number of carbonyl (C=O) groups excluding carboxylic acids is 2. The minimum Gasteiger partial charge on any atom is -0.350 e. The molecule has 214 valence electrons. The number of hydrogen-bond donors (Lipinski definition) is 1. The zero-order valence-corrected chi connectivity index (χ0v) is 26.5. The number of halogens is 2. The fraction of sp³-hybridized carbons (Fsp3) is 0.333. The molecule has 0 radical (unpaired) electrons. The molecule has 0 aromatic heterocycles. The molecule has 0 aliphatic heterocycles. The Morgan fingerprint density at radius 3 is 2.15 bits per heavy atom. The molecule has 7 nitrogen and oxygen atoms in total. The molecule has 1 atom stereocenters. The van der Waals surface area contributed by atoms with Crippen molar-refractivity contribution in [2.45, 2.75) is 52.2 Å². The molecule has 0 saturated heterocycles. The second-order valence-electron chi connectivity index (χ2n) is 10.8. The summed E-state index contributed by atoms with van der Waals surface area (Å²) in [7, 11) is -3.87. The first kappa shape index (κ1) is 31.6. The molecule has 0 unspecified atom stereocenters. The standard InChI is InChI=1S/C30H35BrClN3O4S/c1-21-11-16-25(18-26(21)32)35(40(5,38)39)20-28(36)34(19-23-12-14-24(31)15-13-23)27(29(37)33-30(2,3)4)17-22-9-7-6-8-10-22/h6-16,18,27H,17,19-20H2,1-5H3,(H,33,37)/t27-/m0/s1. The summed E-state index contributed by atoms with van der Waals surface area (Å²) in [6.45, 7) is 7.04. The fourth-order valence-electron chi connectivity index (χ4n) is 4.14. The normalized spacial score (nSPS) is 12.5. The topological polar surface area (TPSA) is 86.8 Å². The number of anilines is 1. The highest BCUT2D eigenvalue weighted by Gasteiger charge is 2.34. The molecule has 10 heteroatoms. The van der Waals surface area contributed by atoms with Gasteiger partial charge in [-0.15, -0.1) is 0 Å². The Balaban J connectivity index is 2.08. The third-order valence-electron chi connectivity index (χ3n) is 6.16. The van der Waals surface area contributed by atoms with Gasteiger partial charge in [0.1, 0.15) is 12.6 Å². The van der Waals surface area contributed by atoms with E-state index in [1.807, 2.05) is 82.3 Å². The van der Waals surface area contributed by atoms with Crippen molar-refractivity contribution in [1.82, 2.24) is 10.2 Å². The predicted molar refractivity (Wildman–Crippen MR) is 165 cm³/mol. The molecule has 2 amide bonds. The molecular formula is C30H35BrClN3O4S. The molecule has 0 fully saturated rings. The second-order valence-corrected chi connectivity index (χ2v) is 14.0. The monoisotopic (exact) mass is 647 g/mol. The van der Waals surface area contributed by atoms with Crippen molar-refractivity contribution in [3.8, 4) is 0 Å². The summed E-state index contributed by atoms with van der Waals surface area (Å²) in [6.07, 6.45) is 1.29. The minimum absolute atomic E-state index is 0.105. The van der Waals surface area contributed by atoms with Crippen LogP contribution in [0.1, 0.15) is 37.5 Å². The van der Waals surface area contributed by atoms with Gasteiger partial charge in [-0.1, -0.05) is 76.1 Å². The Morgan fingerprint density at radius 1 is 0.975 bits per heavy atom. The zero-order valence-electron chi connectivity index (χ0n) is 23.3. The zero-order chi connectivity index (χ0) is 29.7. The molecular weight excluding hydrogens is 614 g/mol. The van der Waals surface area contributed by atoms with E-state index in [4.69, 9.17) is 11.6 Å². The molecule has 0 aliphatic rings. The van der Waals surface area contributed by atoms with Gasteiger partial charge in [-0.05, 0) is 68.7 Å². The van der Waals surface area contributed by atoms with Crippen molar-refractivity contribution >= 4 is 55.1 Å². The van der Waals surface area contributed by atoms with Crippen molar-refractivity contribution in [2.24, 2.45) is 0 Å². The van der Waals surface area contributed by atoms with E-state index in [0.29, 0.717) is 5.02 Å². The number of hydrogen-bond acceptors (Lipinski definition) is 4. The molecule has 3 rings (SSSR count). The van der Waals surface area contributed by atoms with Gasteiger partial charge in [0.15, 0.2) is 0 Å². The molecule has 1 N–H and O–H groups in total. The lowest BCUT2D eigenvalue weighted by molar-refractivity contribution is -0.140. The number of aryl methyl sites for hydroxylation is 1. The molecule has 0 heterocycles. The Hall–Kier alpha value is -2.88. The van der Waals surface area contributed by atoms with Crippen LogP contribution >= 0.6 is 27.5 Å². The predicted octanol–water partition coefficient (Wildman–Crippen LogP) is 5.73. The highest BCUT2D eigenvalue weighted by molar-refractivity contribution is 9.10. The Bertz CT molecular complexity index is 1440. The summed E-state index contributed by atoms with van der Waals surface area (Å²) in [6, 6.07) is 20.8. The second kappa shape index (κ2) is 13.2. The van der Waals surface area contributed by atoms with E-state index in [1.54, 1.807) is 12.1 Å². The van der Waals surface area contributed by atoms with E-state index in [1.165, 1.54) is 11.0 Å². The number of rotatable bonds is 10. The van der Waals surface area contributed by atoms with E-state index in [0.717, 1.165) is 31.7 Å². The largest absolute Gasteiger partial charge is 0.350 e. The van der Waals surface area contributed by atoms with Crippen LogP contribution in [0.3, 0.4) is 0 Å². The molecule has 0 aliphatic carbocycles. The number of amides is 2. The lowest BCUT2D eigenvalue weighted by Gasteiger charge is -2.35. The summed E-state index contributed by atoms with van der Waals surface area (Å²) in [5.41, 5.74) is 2.17. The molecule has 40 heavy (non-hydrogen) atoms. The van der Waals surface area contributed by atoms with E-state index in [2.05, 4.69) is 21.2 Å². The number of nitrogens with one attached hydrogen (secondary N) is 1. The van der Waals surface area contributed by atoms with Crippen molar-refractivity contribution in [1.29, 1.82) is 0 Å². The van der Waals surface area contributed by atoms with Gasteiger partial charge >= 0.3 is 0 Å². The third kappa shape index (κ3) is 9.08. The molecule has 3 aromatic carbocycles. The fourth-order valence-corrected chi connectivity index (χ4v) is 5.42. The van der Waals surface area contributed by atoms with Gasteiger partial charge in [-0.3, -0.25) is 13.9 Å². The van der Waals surface area contributed by atoms with Gasteiger partial charge in [-0.2, -0.15) is 0 Å². The number of sulfonamides is 1. The van der Waals surface area contributed by atoms with Crippen LogP contribution in [0.15, 0.2) is 77.3 Å². The van der Waals surface area contributed by atoms with Crippen LogP contribution in [0.5, 0.6) is 0 Å². The van der Waals surface area contributed by atoms with Crippen LogP contribution < -0.4 is 9.62 Å². The maximum atomic E-state index is 14.1. The van der Waals surface area contributed by atoms with Gasteiger partial charge in [-0.25, -0.2) is 8.42 Å². The first-order chi connectivity index (χ1) is 18.6. The maximum Gasteiger partial charge on any atom is 0.244 e. The van der Waals surface area contributed by atoms with Crippen LogP contribution in [0.4, 0.5) is 5.69 Å². The molecule has 3 aromatic rings. The number of nitrogens with zero attached hydrogens (tertiary/aromatic N) is 2. The highest BCUT2D eigenvalue weighted by Crippen LogP contribution is 2.26. The summed E-state index contributed by atoms with van der Waals surface area (Å²) in [4.78, 5) is 29.3. The number of benzene rings is 3. The Morgan fingerprint density at radius 2 is 1.60 bits per heavy atom. The summed E-state index contributed by atoms with van der Waals surface area (Å²) >= 11 is 9.73. The van der Waals surface area contributed by atoms with Crippen molar-refractivity contribution < 1.29 is 18.0 Å². The Labute approximate surface area is 250 Å². The quantitative estimate of drug-likeness (QED) is 0.304. The van der Waals surface area contributed by atoms with Crippen LogP contribution in [0.2, 0.25) is 5.02 Å². The summed E-state index contributed by atoms with van der Waals surface area (Å²) in [5.74, 6) is -0.846. The summed E-state index contributed by atoms with van der Waals surface area (Å²) < 4.78 is 27.7. The van der Waals surface area contributed by atoms with Crippen LogP contribution in [-0.2, 0) is 32.6 Å². The van der Waals surface area contributed by atoms with E-state index < -0.39 is 34.1 Å². The van der Waals surface area contributed by atoms with Gasteiger partial charge in [0.25, 0.3) is 0 Å². The average molecular weight is 649 g/mol. The number of carbonyl (C=O) groups is 2. The highest BCUT2D eigenvalue weighted by atomic mass is 79.9.